The van der Waals surface area contributed by atoms with Crippen molar-refractivity contribution in [1.82, 2.24) is 10.0 Å². The molecule has 0 unspecified atom stereocenters. The molecule has 198 valence electrons. The number of Topliss-reactive ketones (excluding diaryl/α,β-unsaturated/α-hetero) is 1. The molecule has 0 saturated carbocycles. The van der Waals surface area contributed by atoms with Crippen molar-refractivity contribution < 1.29 is 32.7 Å². The van der Waals surface area contributed by atoms with E-state index in [0.29, 0.717) is 32.6 Å². The Balaban J connectivity index is 0.00000121. The molecular weight excluding hydrogens is 486 g/mol. The minimum absolute atomic E-state index is 0.00127. The fourth-order valence-electron chi connectivity index (χ4n) is 4.40. The number of hydrazine groups is 1. The first kappa shape index (κ1) is 27.9. The lowest BCUT2D eigenvalue weighted by atomic mass is 10.1. The molecule has 1 amide bonds. The van der Waals surface area contributed by atoms with E-state index < -0.39 is 23.8 Å². The molecule has 0 aromatic heterocycles. The first-order valence-corrected chi connectivity index (χ1v) is 11.9. The first-order chi connectivity index (χ1) is 17.7. The van der Waals surface area contributed by atoms with Gasteiger partial charge in [-0.1, -0.05) is 30.3 Å². The van der Waals surface area contributed by atoms with Crippen molar-refractivity contribution >= 4 is 29.4 Å². The molecular formula is C26H30F2N4O5. The molecule has 0 spiro atoms. The molecule has 0 aliphatic carbocycles. The van der Waals surface area contributed by atoms with Gasteiger partial charge >= 0.3 is 12.2 Å². The molecule has 2 aliphatic rings. The molecule has 4 rings (SSSR count). The molecule has 0 N–H and O–H groups in total. The number of amides is 1. The number of hydrogen-bond acceptors (Lipinski definition) is 8. The van der Waals surface area contributed by atoms with Crippen LogP contribution in [-0.2, 0) is 25.7 Å². The SMILES string of the molecule is CC(=O)CC[C@H]1CN(c2cc(F)c(N3CCN(C)N(Cc4ccccc4)CC3)c(F)c2)C(=O)O1.O=C=O. The largest absolute Gasteiger partial charge is 0.444 e. The normalized spacial score (nSPS) is 18.5. The van der Waals surface area contributed by atoms with Crippen molar-refractivity contribution in [2.24, 2.45) is 0 Å². The maximum atomic E-state index is 15.2. The predicted molar refractivity (Wildman–Crippen MR) is 131 cm³/mol. The number of likely N-dealkylation sites (N-methyl/N-ethyl adjacent to an activating group) is 1. The Labute approximate surface area is 214 Å². The topological polar surface area (TPSA) is 90.5 Å². The van der Waals surface area contributed by atoms with Crippen LogP contribution in [0.3, 0.4) is 0 Å². The molecule has 2 saturated heterocycles. The Morgan fingerprint density at radius 1 is 1.05 bits per heavy atom. The van der Waals surface area contributed by atoms with Crippen LogP contribution in [-0.4, -0.2) is 73.9 Å². The van der Waals surface area contributed by atoms with E-state index in [1.807, 2.05) is 25.2 Å². The van der Waals surface area contributed by atoms with Crippen molar-refractivity contribution in [3.05, 3.63) is 59.7 Å². The van der Waals surface area contributed by atoms with Gasteiger partial charge in [-0.15, -0.1) is 0 Å². The van der Waals surface area contributed by atoms with Crippen LogP contribution in [0.2, 0.25) is 0 Å². The van der Waals surface area contributed by atoms with Gasteiger partial charge in [0.15, 0.2) is 11.6 Å². The Bertz CT molecular complexity index is 1100. The van der Waals surface area contributed by atoms with Crippen molar-refractivity contribution in [3.63, 3.8) is 0 Å². The van der Waals surface area contributed by atoms with Crippen LogP contribution in [0, 0.1) is 11.6 Å². The third-order valence-electron chi connectivity index (χ3n) is 6.33. The molecule has 2 fully saturated rings. The van der Waals surface area contributed by atoms with Crippen molar-refractivity contribution in [2.75, 3.05) is 49.6 Å². The number of rotatable bonds is 7. The number of nitrogens with zero attached hydrogens (tertiary/aromatic N) is 4. The van der Waals surface area contributed by atoms with Crippen LogP contribution >= 0.6 is 0 Å². The number of ether oxygens (including phenoxy) is 1. The number of benzene rings is 2. The summed E-state index contributed by atoms with van der Waals surface area (Å²) in [6.45, 7) is 4.51. The summed E-state index contributed by atoms with van der Waals surface area (Å²) in [5.74, 6) is -1.43. The quantitative estimate of drug-likeness (QED) is 0.554. The number of carbonyl (C=O) groups excluding carboxylic acids is 4. The zero-order valence-corrected chi connectivity index (χ0v) is 20.9. The zero-order valence-electron chi connectivity index (χ0n) is 20.9. The van der Waals surface area contributed by atoms with Gasteiger partial charge in [-0.25, -0.2) is 23.6 Å². The highest BCUT2D eigenvalue weighted by atomic mass is 19.1. The van der Waals surface area contributed by atoms with Gasteiger partial charge in [-0.05, 0) is 18.9 Å². The third kappa shape index (κ3) is 7.42. The maximum Gasteiger partial charge on any atom is 0.414 e. The second-order valence-electron chi connectivity index (χ2n) is 8.94. The molecule has 0 radical (unpaired) electrons. The Morgan fingerprint density at radius 3 is 2.30 bits per heavy atom. The van der Waals surface area contributed by atoms with E-state index in [1.165, 1.54) is 29.5 Å². The van der Waals surface area contributed by atoms with Gasteiger partial charge in [-0.3, -0.25) is 4.90 Å². The number of cyclic esters (lactones) is 1. The smallest absolute Gasteiger partial charge is 0.414 e. The molecule has 2 aromatic rings. The Hall–Kier alpha value is -3.66. The summed E-state index contributed by atoms with van der Waals surface area (Å²) in [6, 6.07) is 12.4. The van der Waals surface area contributed by atoms with E-state index in [9.17, 15) is 9.59 Å². The lowest BCUT2D eigenvalue weighted by Crippen LogP contribution is -2.40. The van der Waals surface area contributed by atoms with Gasteiger partial charge in [0.25, 0.3) is 0 Å². The Kier molecular flexibility index (Phi) is 9.85. The summed E-state index contributed by atoms with van der Waals surface area (Å²) in [5, 5.41) is 4.25. The minimum atomic E-state index is -0.714. The highest BCUT2D eigenvalue weighted by Gasteiger charge is 2.34. The van der Waals surface area contributed by atoms with Crippen LogP contribution < -0.4 is 9.80 Å². The van der Waals surface area contributed by atoms with E-state index >= 15 is 8.78 Å². The highest BCUT2D eigenvalue weighted by molar-refractivity contribution is 5.90. The molecule has 11 heteroatoms. The molecule has 9 nitrogen and oxygen atoms in total. The second-order valence-corrected chi connectivity index (χ2v) is 8.94. The predicted octanol–water partition coefficient (Wildman–Crippen LogP) is 3.24. The molecule has 2 aromatic carbocycles. The molecule has 2 heterocycles. The molecule has 37 heavy (non-hydrogen) atoms. The molecule has 0 bridgehead atoms. The number of carbonyl (C=O) groups is 2. The number of anilines is 2. The van der Waals surface area contributed by atoms with E-state index in [2.05, 4.69) is 22.2 Å². The van der Waals surface area contributed by atoms with Crippen LogP contribution in [0.1, 0.15) is 25.3 Å². The fraction of sp³-hybridized carbons (Fsp3) is 0.423. The van der Waals surface area contributed by atoms with Gasteiger partial charge in [0.05, 0.1) is 12.2 Å². The first-order valence-electron chi connectivity index (χ1n) is 11.9. The summed E-state index contributed by atoms with van der Waals surface area (Å²) in [7, 11) is 1.98. The van der Waals surface area contributed by atoms with Crippen LogP contribution in [0.25, 0.3) is 0 Å². The lowest BCUT2D eigenvalue weighted by Gasteiger charge is -2.29. The van der Waals surface area contributed by atoms with Gasteiger partial charge < -0.3 is 14.4 Å². The minimum Gasteiger partial charge on any atom is -0.444 e. The second kappa shape index (κ2) is 13.0. The zero-order chi connectivity index (χ0) is 26.9. The van der Waals surface area contributed by atoms with Crippen molar-refractivity contribution in [1.29, 1.82) is 0 Å². The van der Waals surface area contributed by atoms with E-state index in [-0.39, 0.29) is 36.3 Å². The average molecular weight is 517 g/mol. The summed E-state index contributed by atoms with van der Waals surface area (Å²) < 4.78 is 35.6. The Morgan fingerprint density at radius 2 is 1.68 bits per heavy atom. The summed E-state index contributed by atoms with van der Waals surface area (Å²) in [6.07, 6.45) is -0.202. The van der Waals surface area contributed by atoms with Gasteiger partial charge in [-0.2, -0.15) is 9.59 Å². The maximum absolute atomic E-state index is 15.2. The highest BCUT2D eigenvalue weighted by Crippen LogP contribution is 2.32. The van der Waals surface area contributed by atoms with E-state index in [0.717, 1.165) is 6.54 Å². The summed E-state index contributed by atoms with van der Waals surface area (Å²) in [4.78, 5) is 42.6. The van der Waals surface area contributed by atoms with Gasteiger partial charge in [0, 0.05) is 58.3 Å². The van der Waals surface area contributed by atoms with E-state index in [1.54, 1.807) is 4.90 Å². The fourth-order valence-corrected chi connectivity index (χ4v) is 4.40. The monoisotopic (exact) mass is 516 g/mol. The number of halogens is 2. The summed E-state index contributed by atoms with van der Waals surface area (Å²) >= 11 is 0. The molecule has 2 aliphatic heterocycles. The average Bonchev–Trinajstić information content (AvgIpc) is 3.14. The van der Waals surface area contributed by atoms with Gasteiger partial charge in [0.2, 0.25) is 0 Å². The lowest BCUT2D eigenvalue weighted by molar-refractivity contribution is -0.191. The summed E-state index contributed by atoms with van der Waals surface area (Å²) in [5.41, 5.74) is 1.20. The van der Waals surface area contributed by atoms with Gasteiger partial charge in [0.1, 0.15) is 17.6 Å². The van der Waals surface area contributed by atoms with Crippen LogP contribution in [0.15, 0.2) is 42.5 Å². The molecule has 1 atom stereocenters. The third-order valence-corrected chi connectivity index (χ3v) is 6.33. The van der Waals surface area contributed by atoms with Crippen LogP contribution in [0.4, 0.5) is 25.0 Å². The van der Waals surface area contributed by atoms with Crippen molar-refractivity contribution in [3.8, 4) is 0 Å². The van der Waals surface area contributed by atoms with E-state index in [4.69, 9.17) is 14.3 Å². The number of hydrogen-bond donors (Lipinski definition) is 0. The van der Waals surface area contributed by atoms with Crippen LogP contribution in [0.5, 0.6) is 0 Å². The standard InChI is InChI=1S/C25H30F2N4O3.CO2/c1-18(32)8-9-21-17-31(25(33)34-21)20-14-22(26)24(23(27)15-20)29-11-10-28(2)30(13-12-29)16-19-6-4-3-5-7-19;2-1-3/h3-7,14-15,21H,8-13,16-17H2,1-2H3;/t21-;/m0./s1. The number of ketones is 1. The van der Waals surface area contributed by atoms with Crippen molar-refractivity contribution in [2.45, 2.75) is 32.4 Å².